The fourth-order valence-corrected chi connectivity index (χ4v) is 2.62. The van der Waals surface area contributed by atoms with E-state index in [1.165, 1.54) is 24.3 Å². The maximum Gasteiger partial charge on any atom is 0.335 e. The van der Waals surface area contributed by atoms with Gasteiger partial charge in [-0.05, 0) is 24.3 Å². The quantitative estimate of drug-likeness (QED) is 0.677. The summed E-state index contributed by atoms with van der Waals surface area (Å²) < 4.78 is 12.9. The van der Waals surface area contributed by atoms with Gasteiger partial charge in [-0.1, -0.05) is 6.08 Å². The molecule has 1 atom stereocenters. The summed E-state index contributed by atoms with van der Waals surface area (Å²) in [5.41, 5.74) is -0.446. The van der Waals surface area contributed by atoms with E-state index in [-0.39, 0.29) is 22.3 Å². The van der Waals surface area contributed by atoms with Crippen LogP contribution in [0.1, 0.15) is 10.4 Å². The average molecular weight is 281 g/mol. The summed E-state index contributed by atoms with van der Waals surface area (Å²) in [4.78, 5) is 21.4. The molecule has 0 saturated carbocycles. The molecule has 1 aliphatic carbocycles. The van der Waals surface area contributed by atoms with Gasteiger partial charge < -0.3 is 5.11 Å². The van der Waals surface area contributed by atoms with Gasteiger partial charge in [0.05, 0.1) is 15.4 Å². The number of carboxylic acid groups (broad SMARTS) is 1. The van der Waals surface area contributed by atoms with Crippen molar-refractivity contribution in [2.24, 2.45) is 0 Å². The number of thioether (sulfide) groups is 1. The number of aromatic carboxylic acids is 1. The summed E-state index contributed by atoms with van der Waals surface area (Å²) in [6.07, 6.45) is 4.20. The Kier molecular flexibility index (Phi) is 3.66. The van der Waals surface area contributed by atoms with Crippen molar-refractivity contribution in [3.63, 3.8) is 0 Å². The first-order valence-electron chi connectivity index (χ1n) is 5.21. The van der Waals surface area contributed by atoms with Crippen LogP contribution >= 0.6 is 11.8 Å². The molecule has 2 rings (SSSR count). The lowest BCUT2D eigenvalue weighted by Gasteiger charge is -2.06. The van der Waals surface area contributed by atoms with Crippen LogP contribution in [-0.4, -0.2) is 21.2 Å². The fraction of sp³-hybridized carbons (Fsp3) is 0.0833. The highest BCUT2D eigenvalue weighted by atomic mass is 32.2. The summed E-state index contributed by atoms with van der Waals surface area (Å²) in [5, 5.41) is 19.4. The third-order valence-corrected chi connectivity index (χ3v) is 3.60. The number of halogens is 1. The molecule has 0 spiro atoms. The van der Waals surface area contributed by atoms with Crippen LogP contribution in [0.25, 0.3) is 0 Å². The molecular formula is C12H8FNO4S. The van der Waals surface area contributed by atoms with Gasteiger partial charge in [-0.3, -0.25) is 10.1 Å². The monoisotopic (exact) mass is 281 g/mol. The molecule has 0 bridgehead atoms. The average Bonchev–Trinajstić information content (AvgIpc) is 2.74. The Balaban J connectivity index is 2.32. The van der Waals surface area contributed by atoms with Gasteiger partial charge in [-0.2, -0.15) is 0 Å². The maximum absolute atomic E-state index is 12.9. The van der Waals surface area contributed by atoms with Crippen LogP contribution in [0.5, 0.6) is 0 Å². The van der Waals surface area contributed by atoms with Crippen molar-refractivity contribution in [1.29, 1.82) is 0 Å². The zero-order valence-corrected chi connectivity index (χ0v) is 10.3. The van der Waals surface area contributed by atoms with Crippen LogP contribution in [0.2, 0.25) is 0 Å². The molecule has 1 unspecified atom stereocenters. The van der Waals surface area contributed by atoms with Crippen LogP contribution in [0.4, 0.5) is 10.1 Å². The topological polar surface area (TPSA) is 80.4 Å². The first kappa shape index (κ1) is 13.3. The predicted molar refractivity (Wildman–Crippen MR) is 68.0 cm³/mol. The minimum absolute atomic E-state index is 0.153. The van der Waals surface area contributed by atoms with Gasteiger partial charge >= 0.3 is 5.97 Å². The van der Waals surface area contributed by atoms with Crippen LogP contribution in [0, 0.1) is 10.1 Å². The zero-order chi connectivity index (χ0) is 14.0. The molecule has 1 N–H and O–H groups in total. The molecule has 0 saturated heterocycles. The second-order valence-corrected chi connectivity index (χ2v) is 4.96. The van der Waals surface area contributed by atoms with Crippen molar-refractivity contribution in [3.8, 4) is 0 Å². The number of hydrogen-bond acceptors (Lipinski definition) is 4. The lowest BCUT2D eigenvalue weighted by atomic mass is 10.2. The molecule has 1 aromatic rings. The van der Waals surface area contributed by atoms with E-state index in [9.17, 15) is 19.3 Å². The van der Waals surface area contributed by atoms with Gasteiger partial charge in [0.15, 0.2) is 0 Å². The molecular weight excluding hydrogens is 273 g/mol. The van der Waals surface area contributed by atoms with Gasteiger partial charge in [0, 0.05) is 11.3 Å². The smallest absolute Gasteiger partial charge is 0.335 e. The largest absolute Gasteiger partial charge is 0.478 e. The summed E-state index contributed by atoms with van der Waals surface area (Å²) in [7, 11) is 0. The van der Waals surface area contributed by atoms with Gasteiger partial charge in [0.1, 0.15) is 5.83 Å². The number of hydrogen-bond donors (Lipinski definition) is 1. The third kappa shape index (κ3) is 3.00. The lowest BCUT2D eigenvalue weighted by Crippen LogP contribution is -2.00. The van der Waals surface area contributed by atoms with E-state index in [4.69, 9.17) is 5.11 Å². The highest BCUT2D eigenvalue weighted by Crippen LogP contribution is 2.36. The lowest BCUT2D eigenvalue weighted by molar-refractivity contribution is -0.387. The molecule has 0 aromatic heterocycles. The van der Waals surface area contributed by atoms with Crippen LogP contribution in [0.15, 0.2) is 47.1 Å². The predicted octanol–water partition coefficient (Wildman–Crippen LogP) is 3.18. The van der Waals surface area contributed by atoms with E-state index in [0.717, 1.165) is 17.8 Å². The summed E-state index contributed by atoms with van der Waals surface area (Å²) in [6.45, 7) is 0. The number of carboxylic acids is 1. The van der Waals surface area contributed by atoms with Crippen molar-refractivity contribution in [3.05, 3.63) is 57.9 Å². The highest BCUT2D eigenvalue weighted by Gasteiger charge is 2.20. The molecule has 1 aromatic carbocycles. The standard InChI is InChI=1S/C12H8FNO4S/c13-8-2-3-9(6-8)19-11-4-1-7(12(15)16)5-10(11)14(17)18/h1-6,9H,(H,15,16). The molecule has 0 radical (unpaired) electrons. The molecule has 0 fully saturated rings. The van der Waals surface area contributed by atoms with Gasteiger partial charge in [0.25, 0.3) is 5.69 Å². The molecule has 19 heavy (non-hydrogen) atoms. The van der Waals surface area contributed by atoms with Gasteiger partial charge in [-0.15, -0.1) is 11.8 Å². The third-order valence-electron chi connectivity index (χ3n) is 2.43. The Morgan fingerprint density at radius 2 is 2.21 bits per heavy atom. The summed E-state index contributed by atoms with van der Waals surface area (Å²) in [5.74, 6) is -1.62. The Labute approximate surface area is 111 Å². The Morgan fingerprint density at radius 3 is 2.74 bits per heavy atom. The van der Waals surface area contributed by atoms with E-state index < -0.39 is 10.9 Å². The van der Waals surface area contributed by atoms with Crippen molar-refractivity contribution in [2.75, 3.05) is 0 Å². The molecule has 0 aliphatic heterocycles. The van der Waals surface area contributed by atoms with Crippen molar-refractivity contribution in [1.82, 2.24) is 0 Å². The Morgan fingerprint density at radius 1 is 1.47 bits per heavy atom. The normalized spacial score (nSPS) is 17.3. The number of benzene rings is 1. The van der Waals surface area contributed by atoms with E-state index in [1.54, 1.807) is 6.08 Å². The Hall–Kier alpha value is -2.15. The van der Waals surface area contributed by atoms with Crippen LogP contribution < -0.4 is 0 Å². The minimum Gasteiger partial charge on any atom is -0.478 e. The van der Waals surface area contributed by atoms with Crippen molar-refractivity contribution >= 4 is 23.4 Å². The zero-order valence-electron chi connectivity index (χ0n) is 9.45. The summed E-state index contributed by atoms with van der Waals surface area (Å²) >= 11 is 1.09. The van der Waals surface area contributed by atoms with Crippen molar-refractivity contribution in [2.45, 2.75) is 10.1 Å². The molecule has 0 amide bonds. The minimum atomic E-state index is -1.23. The molecule has 5 nitrogen and oxygen atoms in total. The van der Waals surface area contributed by atoms with E-state index in [2.05, 4.69) is 0 Å². The highest BCUT2D eigenvalue weighted by molar-refractivity contribution is 8.00. The Bertz CT molecular complexity index is 612. The SMILES string of the molecule is O=C(O)c1ccc(SC2C=CC(F)=C2)c([N+](=O)[O-])c1. The number of rotatable bonds is 4. The van der Waals surface area contributed by atoms with Gasteiger partial charge in [-0.25, -0.2) is 9.18 Å². The van der Waals surface area contributed by atoms with E-state index in [0.29, 0.717) is 4.90 Å². The van der Waals surface area contributed by atoms with Crippen molar-refractivity contribution < 1.29 is 19.2 Å². The summed E-state index contributed by atoms with van der Waals surface area (Å²) in [6, 6.07) is 3.66. The van der Waals surface area contributed by atoms with E-state index in [1.807, 2.05) is 0 Å². The first-order chi connectivity index (χ1) is 8.97. The van der Waals surface area contributed by atoms with Gasteiger partial charge in [0.2, 0.25) is 0 Å². The number of carbonyl (C=O) groups is 1. The molecule has 98 valence electrons. The second-order valence-electron chi connectivity index (χ2n) is 3.74. The molecule has 7 heteroatoms. The number of nitro benzene ring substituents is 1. The number of nitrogens with zero attached hydrogens (tertiary/aromatic N) is 1. The maximum atomic E-state index is 12.9. The number of allylic oxidation sites excluding steroid dienone is 2. The van der Waals surface area contributed by atoms with Crippen LogP contribution in [-0.2, 0) is 0 Å². The fourth-order valence-electron chi connectivity index (χ4n) is 1.57. The first-order valence-corrected chi connectivity index (χ1v) is 6.09. The van der Waals surface area contributed by atoms with E-state index >= 15 is 0 Å². The number of nitro groups is 1. The van der Waals surface area contributed by atoms with Crippen LogP contribution in [0.3, 0.4) is 0 Å². The molecule has 0 heterocycles. The second kappa shape index (κ2) is 5.23. The molecule has 1 aliphatic rings.